The number of rotatable bonds is 5. The molecule has 0 amide bonds. The lowest BCUT2D eigenvalue weighted by Crippen LogP contribution is -2.38. The van der Waals surface area contributed by atoms with Crippen molar-refractivity contribution in [1.29, 1.82) is 0 Å². The van der Waals surface area contributed by atoms with E-state index in [-0.39, 0.29) is 5.41 Å². The molecule has 0 aromatic carbocycles. The Morgan fingerprint density at radius 2 is 1.53 bits per heavy atom. The SMILES string of the molecule is CCCCC#CCCC(C)(C)C(C)(C)O. The minimum atomic E-state index is -0.627. The van der Waals surface area contributed by atoms with Gasteiger partial charge in [0.05, 0.1) is 5.60 Å². The molecule has 0 bridgehead atoms. The van der Waals surface area contributed by atoms with E-state index in [0.29, 0.717) is 0 Å². The minimum absolute atomic E-state index is 0.0631. The molecule has 1 nitrogen and oxygen atoms in total. The molecule has 0 rings (SSSR count). The summed E-state index contributed by atoms with van der Waals surface area (Å²) in [5, 5.41) is 9.94. The van der Waals surface area contributed by atoms with E-state index in [4.69, 9.17) is 0 Å². The number of hydrogen-bond acceptors (Lipinski definition) is 1. The van der Waals surface area contributed by atoms with Gasteiger partial charge in [0.2, 0.25) is 0 Å². The molecule has 0 aliphatic carbocycles. The fourth-order valence-electron chi connectivity index (χ4n) is 1.12. The Labute approximate surface area is 95.3 Å². The van der Waals surface area contributed by atoms with Gasteiger partial charge in [-0.25, -0.2) is 0 Å². The van der Waals surface area contributed by atoms with Crippen LogP contribution in [-0.2, 0) is 0 Å². The second-order valence-electron chi connectivity index (χ2n) is 5.40. The van der Waals surface area contributed by atoms with Crippen molar-refractivity contribution < 1.29 is 5.11 Å². The summed E-state index contributed by atoms with van der Waals surface area (Å²) in [7, 11) is 0. The van der Waals surface area contributed by atoms with E-state index in [2.05, 4.69) is 32.6 Å². The summed E-state index contributed by atoms with van der Waals surface area (Å²) in [5.41, 5.74) is -0.690. The Bertz CT molecular complexity index is 222. The van der Waals surface area contributed by atoms with Crippen molar-refractivity contribution in [1.82, 2.24) is 0 Å². The normalized spacial score (nSPS) is 12.1. The van der Waals surface area contributed by atoms with E-state index >= 15 is 0 Å². The lowest BCUT2D eigenvalue weighted by atomic mass is 9.74. The van der Waals surface area contributed by atoms with Crippen LogP contribution in [0.25, 0.3) is 0 Å². The first-order valence-electron chi connectivity index (χ1n) is 5.99. The van der Waals surface area contributed by atoms with Gasteiger partial charge in [-0.3, -0.25) is 0 Å². The molecule has 0 aromatic heterocycles. The van der Waals surface area contributed by atoms with Crippen molar-refractivity contribution in [2.75, 3.05) is 0 Å². The maximum atomic E-state index is 9.94. The largest absolute Gasteiger partial charge is 0.390 e. The van der Waals surface area contributed by atoms with E-state index in [0.717, 1.165) is 19.3 Å². The maximum Gasteiger partial charge on any atom is 0.0642 e. The molecule has 0 aliphatic rings. The summed E-state index contributed by atoms with van der Waals surface area (Å²) < 4.78 is 0. The van der Waals surface area contributed by atoms with Gasteiger partial charge in [0.1, 0.15) is 0 Å². The van der Waals surface area contributed by atoms with Crippen molar-refractivity contribution >= 4 is 0 Å². The predicted molar refractivity (Wildman–Crippen MR) is 66.6 cm³/mol. The van der Waals surface area contributed by atoms with Gasteiger partial charge in [-0.1, -0.05) is 27.2 Å². The van der Waals surface area contributed by atoms with Crippen LogP contribution in [-0.4, -0.2) is 10.7 Å². The van der Waals surface area contributed by atoms with Gasteiger partial charge in [-0.2, -0.15) is 0 Å². The first kappa shape index (κ1) is 14.5. The van der Waals surface area contributed by atoms with Crippen LogP contribution in [0.1, 0.15) is 66.7 Å². The third kappa shape index (κ3) is 5.85. The molecule has 1 N–H and O–H groups in total. The summed E-state index contributed by atoms with van der Waals surface area (Å²) >= 11 is 0. The Morgan fingerprint density at radius 1 is 1.00 bits per heavy atom. The van der Waals surface area contributed by atoms with Crippen molar-refractivity contribution in [3.05, 3.63) is 0 Å². The average molecular weight is 210 g/mol. The van der Waals surface area contributed by atoms with Crippen LogP contribution >= 0.6 is 0 Å². The van der Waals surface area contributed by atoms with E-state index in [9.17, 15) is 5.11 Å². The highest BCUT2D eigenvalue weighted by molar-refractivity contribution is 5.00. The average Bonchev–Trinajstić information content (AvgIpc) is 2.09. The molecule has 0 saturated heterocycles. The minimum Gasteiger partial charge on any atom is -0.390 e. The van der Waals surface area contributed by atoms with Crippen LogP contribution < -0.4 is 0 Å². The van der Waals surface area contributed by atoms with E-state index in [1.54, 1.807) is 0 Å². The number of aliphatic hydroxyl groups is 1. The zero-order valence-electron chi connectivity index (χ0n) is 11.0. The Morgan fingerprint density at radius 3 is 2.00 bits per heavy atom. The summed E-state index contributed by atoms with van der Waals surface area (Å²) in [6.45, 7) is 10.1. The van der Waals surface area contributed by atoms with Gasteiger partial charge in [0.15, 0.2) is 0 Å². The van der Waals surface area contributed by atoms with Gasteiger partial charge in [-0.05, 0) is 32.1 Å². The molecule has 15 heavy (non-hydrogen) atoms. The smallest absolute Gasteiger partial charge is 0.0642 e. The third-order valence-electron chi connectivity index (χ3n) is 3.31. The Kier molecular flexibility index (Phi) is 5.98. The second kappa shape index (κ2) is 6.18. The molecule has 0 aromatic rings. The van der Waals surface area contributed by atoms with Gasteiger partial charge < -0.3 is 5.11 Å². The third-order valence-corrected chi connectivity index (χ3v) is 3.31. The molecular formula is C14H26O. The molecule has 0 heterocycles. The van der Waals surface area contributed by atoms with Crippen LogP contribution in [0.5, 0.6) is 0 Å². The van der Waals surface area contributed by atoms with Crippen molar-refractivity contribution in [3.8, 4) is 11.8 Å². The van der Waals surface area contributed by atoms with Crippen LogP contribution in [0.15, 0.2) is 0 Å². The zero-order valence-corrected chi connectivity index (χ0v) is 11.0. The zero-order chi connectivity index (χ0) is 11.9. The Hall–Kier alpha value is -0.480. The summed E-state index contributed by atoms with van der Waals surface area (Å²) in [4.78, 5) is 0. The van der Waals surface area contributed by atoms with Crippen LogP contribution in [0.2, 0.25) is 0 Å². The molecule has 0 unspecified atom stereocenters. The van der Waals surface area contributed by atoms with Gasteiger partial charge in [-0.15, -0.1) is 11.8 Å². The molecule has 0 atom stereocenters. The lowest BCUT2D eigenvalue weighted by Gasteiger charge is -2.36. The highest BCUT2D eigenvalue weighted by Gasteiger charge is 2.33. The highest BCUT2D eigenvalue weighted by Crippen LogP contribution is 2.34. The van der Waals surface area contributed by atoms with Crippen molar-refractivity contribution in [2.45, 2.75) is 72.3 Å². The fraction of sp³-hybridized carbons (Fsp3) is 0.857. The van der Waals surface area contributed by atoms with Gasteiger partial charge >= 0.3 is 0 Å². The van der Waals surface area contributed by atoms with Crippen molar-refractivity contribution in [2.24, 2.45) is 5.41 Å². The lowest BCUT2D eigenvalue weighted by molar-refractivity contribution is -0.0384. The number of unbranched alkanes of at least 4 members (excludes halogenated alkanes) is 2. The summed E-state index contributed by atoms with van der Waals surface area (Å²) in [6, 6.07) is 0. The predicted octanol–water partition coefficient (Wildman–Crippen LogP) is 3.76. The van der Waals surface area contributed by atoms with E-state index in [1.807, 2.05) is 13.8 Å². The molecule has 0 fully saturated rings. The molecule has 0 saturated carbocycles. The second-order valence-corrected chi connectivity index (χ2v) is 5.40. The molecule has 1 heteroatoms. The topological polar surface area (TPSA) is 20.2 Å². The van der Waals surface area contributed by atoms with Gasteiger partial charge in [0.25, 0.3) is 0 Å². The number of hydrogen-bond donors (Lipinski definition) is 1. The van der Waals surface area contributed by atoms with E-state index in [1.165, 1.54) is 12.8 Å². The van der Waals surface area contributed by atoms with Crippen LogP contribution in [0.3, 0.4) is 0 Å². The highest BCUT2D eigenvalue weighted by atomic mass is 16.3. The molecule has 88 valence electrons. The Balaban J connectivity index is 3.88. The first-order chi connectivity index (χ1) is 6.81. The fourth-order valence-corrected chi connectivity index (χ4v) is 1.12. The van der Waals surface area contributed by atoms with E-state index < -0.39 is 5.60 Å². The summed E-state index contributed by atoms with van der Waals surface area (Å²) in [6.07, 6.45) is 5.27. The quantitative estimate of drug-likeness (QED) is 0.541. The molecular weight excluding hydrogens is 184 g/mol. The van der Waals surface area contributed by atoms with Crippen LogP contribution in [0.4, 0.5) is 0 Å². The van der Waals surface area contributed by atoms with Crippen molar-refractivity contribution in [3.63, 3.8) is 0 Å². The van der Waals surface area contributed by atoms with Crippen LogP contribution in [0, 0.1) is 17.3 Å². The molecule has 0 aliphatic heterocycles. The molecule has 0 radical (unpaired) electrons. The first-order valence-corrected chi connectivity index (χ1v) is 5.99. The summed E-state index contributed by atoms with van der Waals surface area (Å²) in [5.74, 6) is 6.37. The monoisotopic (exact) mass is 210 g/mol. The standard InChI is InChI=1S/C14H26O/c1-6-7-8-9-10-11-12-13(2,3)14(4,5)15/h15H,6-8,11-12H2,1-5H3. The molecule has 0 spiro atoms. The van der Waals surface area contributed by atoms with Gasteiger partial charge in [0, 0.05) is 12.8 Å². The maximum absolute atomic E-state index is 9.94.